The van der Waals surface area contributed by atoms with Crippen LogP contribution in [0, 0.1) is 0 Å². The van der Waals surface area contributed by atoms with E-state index in [2.05, 4.69) is 17.4 Å². The van der Waals surface area contributed by atoms with Crippen molar-refractivity contribution < 1.29 is 0 Å². The molecule has 3 heteroatoms. The van der Waals surface area contributed by atoms with Crippen LogP contribution in [0.5, 0.6) is 0 Å². The Hall–Kier alpha value is -0.180. The number of halogens is 1. The normalized spacial score (nSPS) is 15.1. The summed E-state index contributed by atoms with van der Waals surface area (Å²) < 4.78 is 0. The maximum atomic E-state index is 6.11. The second-order valence-corrected chi connectivity index (χ2v) is 6.09. The Bertz CT molecular complexity index is 339. The summed E-state index contributed by atoms with van der Waals surface area (Å²) in [6.45, 7) is 1.19. The summed E-state index contributed by atoms with van der Waals surface area (Å²) in [7, 11) is 0. The lowest BCUT2D eigenvalue weighted by molar-refractivity contribution is 0.640. The van der Waals surface area contributed by atoms with E-state index < -0.39 is 0 Å². The van der Waals surface area contributed by atoms with E-state index in [9.17, 15) is 0 Å². The lowest BCUT2D eigenvalue weighted by atomic mass is 10.2. The van der Waals surface area contributed by atoms with Gasteiger partial charge in [-0.05, 0) is 49.6 Å². The summed E-state index contributed by atoms with van der Waals surface area (Å²) in [5.41, 5.74) is 1.26. The molecular formula is C14H20ClNS. The first-order valence-electron chi connectivity index (χ1n) is 6.41. The fraction of sp³-hybridized carbons (Fsp3) is 0.571. The third-order valence-corrected chi connectivity index (χ3v) is 4.40. The molecule has 0 unspecified atom stereocenters. The van der Waals surface area contributed by atoms with E-state index in [0.29, 0.717) is 0 Å². The molecule has 17 heavy (non-hydrogen) atoms. The molecule has 0 spiro atoms. The quantitative estimate of drug-likeness (QED) is 0.713. The maximum Gasteiger partial charge on any atom is 0.0446 e. The second kappa shape index (κ2) is 7.30. The minimum atomic E-state index is 0.853. The van der Waals surface area contributed by atoms with Crippen molar-refractivity contribution in [3.8, 4) is 0 Å². The monoisotopic (exact) mass is 269 g/mol. The van der Waals surface area contributed by atoms with E-state index in [1.54, 1.807) is 0 Å². The van der Waals surface area contributed by atoms with Gasteiger partial charge < -0.3 is 5.32 Å². The number of benzene rings is 1. The molecule has 1 saturated carbocycles. The molecule has 0 bridgehead atoms. The lowest BCUT2D eigenvalue weighted by Crippen LogP contribution is -2.17. The minimum absolute atomic E-state index is 0.853. The average molecular weight is 270 g/mol. The number of rotatable bonds is 8. The van der Waals surface area contributed by atoms with Crippen LogP contribution in [0.15, 0.2) is 24.3 Å². The molecule has 1 nitrogen and oxygen atoms in total. The van der Waals surface area contributed by atoms with Gasteiger partial charge in [0, 0.05) is 16.8 Å². The first-order chi connectivity index (χ1) is 8.36. The SMILES string of the molecule is Clc1ccccc1CSCCCCNC1CC1. The Morgan fingerprint density at radius 3 is 2.82 bits per heavy atom. The predicted molar refractivity (Wildman–Crippen MR) is 77.9 cm³/mol. The molecular weight excluding hydrogens is 250 g/mol. The molecule has 2 rings (SSSR count). The van der Waals surface area contributed by atoms with Gasteiger partial charge in [0.15, 0.2) is 0 Å². The topological polar surface area (TPSA) is 12.0 Å². The molecule has 1 fully saturated rings. The van der Waals surface area contributed by atoms with Gasteiger partial charge in [-0.25, -0.2) is 0 Å². The maximum absolute atomic E-state index is 6.11. The van der Waals surface area contributed by atoms with Crippen molar-refractivity contribution in [1.82, 2.24) is 5.32 Å². The molecule has 0 saturated heterocycles. The third kappa shape index (κ3) is 5.33. The third-order valence-electron chi connectivity index (χ3n) is 2.94. The van der Waals surface area contributed by atoms with E-state index in [4.69, 9.17) is 11.6 Å². The van der Waals surface area contributed by atoms with Gasteiger partial charge in [0.05, 0.1) is 0 Å². The van der Waals surface area contributed by atoms with Crippen LogP contribution >= 0.6 is 23.4 Å². The Labute approximate surface area is 113 Å². The van der Waals surface area contributed by atoms with Crippen molar-refractivity contribution in [3.05, 3.63) is 34.9 Å². The molecule has 1 aromatic carbocycles. The number of nitrogens with one attached hydrogen (secondary N) is 1. The smallest absolute Gasteiger partial charge is 0.0446 e. The van der Waals surface area contributed by atoms with Crippen molar-refractivity contribution in [1.29, 1.82) is 0 Å². The molecule has 0 heterocycles. The second-order valence-electron chi connectivity index (χ2n) is 4.58. The zero-order chi connectivity index (χ0) is 11.9. The summed E-state index contributed by atoms with van der Waals surface area (Å²) in [6.07, 6.45) is 5.38. The van der Waals surface area contributed by atoms with Gasteiger partial charge in [0.2, 0.25) is 0 Å². The number of hydrogen-bond donors (Lipinski definition) is 1. The Kier molecular flexibility index (Phi) is 5.69. The van der Waals surface area contributed by atoms with Crippen LogP contribution in [-0.2, 0) is 5.75 Å². The van der Waals surface area contributed by atoms with Crippen LogP contribution in [0.3, 0.4) is 0 Å². The number of thioether (sulfide) groups is 1. The molecule has 0 aliphatic heterocycles. The summed E-state index contributed by atoms with van der Waals surface area (Å²) in [5.74, 6) is 2.27. The van der Waals surface area contributed by atoms with Gasteiger partial charge >= 0.3 is 0 Å². The number of hydrogen-bond acceptors (Lipinski definition) is 2. The zero-order valence-corrected chi connectivity index (χ0v) is 11.7. The molecule has 1 N–H and O–H groups in total. The highest BCUT2D eigenvalue weighted by molar-refractivity contribution is 7.98. The van der Waals surface area contributed by atoms with Gasteiger partial charge in [0.1, 0.15) is 0 Å². The van der Waals surface area contributed by atoms with Crippen molar-refractivity contribution in [2.45, 2.75) is 37.5 Å². The van der Waals surface area contributed by atoms with Crippen molar-refractivity contribution in [2.24, 2.45) is 0 Å². The Morgan fingerprint density at radius 2 is 2.06 bits per heavy atom. The fourth-order valence-corrected chi connectivity index (χ4v) is 3.03. The molecule has 0 atom stereocenters. The molecule has 94 valence electrons. The van der Waals surface area contributed by atoms with E-state index in [0.717, 1.165) is 16.8 Å². The molecule has 0 amide bonds. The standard InChI is InChI=1S/C14H20ClNS/c15-14-6-2-1-5-12(14)11-17-10-4-3-9-16-13-7-8-13/h1-2,5-6,13,16H,3-4,7-11H2. The molecule has 0 aromatic heterocycles. The van der Waals surface area contributed by atoms with Crippen molar-refractivity contribution in [3.63, 3.8) is 0 Å². The van der Waals surface area contributed by atoms with E-state index >= 15 is 0 Å². The van der Waals surface area contributed by atoms with Gasteiger partial charge in [0.25, 0.3) is 0 Å². The first-order valence-corrected chi connectivity index (χ1v) is 7.94. The summed E-state index contributed by atoms with van der Waals surface area (Å²) in [6, 6.07) is 8.98. The Balaban J connectivity index is 1.49. The highest BCUT2D eigenvalue weighted by Gasteiger charge is 2.19. The molecule has 1 aliphatic carbocycles. The molecule has 1 aliphatic rings. The lowest BCUT2D eigenvalue weighted by Gasteiger charge is -2.04. The van der Waals surface area contributed by atoms with Crippen LogP contribution in [0.1, 0.15) is 31.2 Å². The molecule has 1 aromatic rings. The zero-order valence-electron chi connectivity index (χ0n) is 10.1. The average Bonchev–Trinajstić information content (AvgIpc) is 3.14. The number of unbranched alkanes of at least 4 members (excludes halogenated alkanes) is 1. The highest BCUT2D eigenvalue weighted by atomic mass is 35.5. The van der Waals surface area contributed by atoms with E-state index in [1.807, 2.05) is 23.9 Å². The van der Waals surface area contributed by atoms with Gasteiger partial charge in [-0.1, -0.05) is 29.8 Å². The fourth-order valence-electron chi connectivity index (χ4n) is 1.72. The van der Waals surface area contributed by atoms with E-state index in [1.165, 1.54) is 43.5 Å². The van der Waals surface area contributed by atoms with Crippen molar-refractivity contribution in [2.75, 3.05) is 12.3 Å². The Morgan fingerprint density at radius 1 is 1.24 bits per heavy atom. The van der Waals surface area contributed by atoms with Crippen molar-refractivity contribution >= 4 is 23.4 Å². The summed E-state index contributed by atoms with van der Waals surface area (Å²) in [4.78, 5) is 0. The van der Waals surface area contributed by atoms with Gasteiger partial charge in [-0.3, -0.25) is 0 Å². The molecule has 0 radical (unpaired) electrons. The predicted octanol–water partition coefficient (Wildman–Crippen LogP) is 4.11. The van der Waals surface area contributed by atoms with Crippen LogP contribution in [0.25, 0.3) is 0 Å². The first kappa shape index (κ1) is 13.3. The van der Waals surface area contributed by atoms with E-state index in [-0.39, 0.29) is 0 Å². The van der Waals surface area contributed by atoms with Crippen LogP contribution in [0.4, 0.5) is 0 Å². The minimum Gasteiger partial charge on any atom is -0.314 e. The summed E-state index contributed by atoms with van der Waals surface area (Å²) >= 11 is 8.09. The largest absolute Gasteiger partial charge is 0.314 e. The van der Waals surface area contributed by atoms with Crippen LogP contribution < -0.4 is 5.32 Å². The van der Waals surface area contributed by atoms with Crippen LogP contribution in [-0.4, -0.2) is 18.3 Å². The summed E-state index contributed by atoms with van der Waals surface area (Å²) in [5, 5.41) is 4.44. The van der Waals surface area contributed by atoms with Crippen LogP contribution in [0.2, 0.25) is 5.02 Å². The van der Waals surface area contributed by atoms with Gasteiger partial charge in [-0.2, -0.15) is 11.8 Å². The van der Waals surface area contributed by atoms with Gasteiger partial charge in [-0.15, -0.1) is 0 Å². The highest BCUT2D eigenvalue weighted by Crippen LogP contribution is 2.21.